The number of aromatic nitrogens is 1. The van der Waals surface area contributed by atoms with Gasteiger partial charge in [0.05, 0.1) is 5.56 Å². The van der Waals surface area contributed by atoms with Gasteiger partial charge in [-0.3, -0.25) is 4.98 Å². The number of rotatable bonds is 4. The lowest BCUT2D eigenvalue weighted by atomic mass is 10.1. The summed E-state index contributed by atoms with van der Waals surface area (Å²) in [4.78, 5) is 3.89. The molecule has 2 aromatic rings. The number of alkyl halides is 3. The lowest BCUT2D eigenvalue weighted by molar-refractivity contribution is -0.140. The van der Waals surface area contributed by atoms with Gasteiger partial charge in [0, 0.05) is 24.5 Å². The second-order valence-corrected chi connectivity index (χ2v) is 4.27. The van der Waals surface area contributed by atoms with Crippen LogP contribution in [0.25, 0.3) is 0 Å². The maximum atomic E-state index is 13.2. The average molecular weight is 300 g/mol. The zero-order valence-corrected chi connectivity index (χ0v) is 10.8. The number of benzene rings is 1. The number of hydrogen-bond donors (Lipinski definition) is 1. The Labute approximate surface area is 118 Å². The summed E-state index contributed by atoms with van der Waals surface area (Å²) in [5.74, 6) is -1.46. The molecule has 0 saturated carbocycles. The van der Waals surface area contributed by atoms with Crippen molar-refractivity contribution in [2.75, 3.05) is 6.54 Å². The first-order valence-corrected chi connectivity index (χ1v) is 6.05. The van der Waals surface area contributed by atoms with Crippen LogP contribution in [0, 0.1) is 5.82 Å². The molecule has 21 heavy (non-hydrogen) atoms. The summed E-state index contributed by atoms with van der Waals surface area (Å²) >= 11 is 0. The van der Waals surface area contributed by atoms with E-state index >= 15 is 0 Å². The molecule has 1 heterocycles. The van der Waals surface area contributed by atoms with Crippen molar-refractivity contribution in [3.05, 3.63) is 59.7 Å². The van der Waals surface area contributed by atoms with Crippen molar-refractivity contribution in [2.24, 2.45) is 5.73 Å². The number of pyridine rings is 1. The highest BCUT2D eigenvalue weighted by molar-refractivity contribution is 5.32. The van der Waals surface area contributed by atoms with Gasteiger partial charge in [-0.2, -0.15) is 13.2 Å². The minimum absolute atomic E-state index is 0.0461. The van der Waals surface area contributed by atoms with Crippen LogP contribution in [-0.2, 0) is 6.18 Å². The molecular formula is C14H12F4N2O. The summed E-state index contributed by atoms with van der Waals surface area (Å²) in [6.45, 7) is 0.0461. The van der Waals surface area contributed by atoms with Crippen LogP contribution in [0.15, 0.2) is 42.7 Å². The molecule has 0 aliphatic rings. The fourth-order valence-electron chi connectivity index (χ4n) is 1.78. The van der Waals surface area contributed by atoms with Gasteiger partial charge in [0.15, 0.2) is 0 Å². The van der Waals surface area contributed by atoms with E-state index in [1.165, 1.54) is 6.20 Å². The molecule has 1 aromatic carbocycles. The number of halogens is 4. The SMILES string of the molecule is NCC(Oc1ccc(F)c(C(F)(F)F)c1)c1cccnc1. The fraction of sp³-hybridized carbons (Fsp3) is 0.214. The molecular weight excluding hydrogens is 288 g/mol. The van der Waals surface area contributed by atoms with Gasteiger partial charge in [0.1, 0.15) is 17.7 Å². The van der Waals surface area contributed by atoms with Crippen LogP contribution < -0.4 is 10.5 Å². The van der Waals surface area contributed by atoms with E-state index in [1.54, 1.807) is 18.3 Å². The molecule has 0 spiro atoms. The van der Waals surface area contributed by atoms with Crippen LogP contribution in [0.3, 0.4) is 0 Å². The number of nitrogens with two attached hydrogens (primary N) is 1. The summed E-state index contributed by atoms with van der Waals surface area (Å²) in [5.41, 5.74) is 4.81. The molecule has 2 rings (SSSR count). The van der Waals surface area contributed by atoms with Crippen LogP contribution in [0.1, 0.15) is 17.2 Å². The van der Waals surface area contributed by atoms with E-state index in [-0.39, 0.29) is 12.3 Å². The third-order valence-corrected chi connectivity index (χ3v) is 2.79. The first-order chi connectivity index (χ1) is 9.91. The van der Waals surface area contributed by atoms with Crippen LogP contribution in [-0.4, -0.2) is 11.5 Å². The van der Waals surface area contributed by atoms with E-state index in [2.05, 4.69) is 4.98 Å². The maximum absolute atomic E-state index is 13.2. The standard InChI is InChI=1S/C14H12F4N2O/c15-12-4-3-10(6-11(12)14(16,17)18)21-13(7-19)9-2-1-5-20-8-9/h1-6,8,13H,7,19H2. The van der Waals surface area contributed by atoms with E-state index in [1.807, 2.05) is 0 Å². The van der Waals surface area contributed by atoms with Crippen LogP contribution in [0.4, 0.5) is 17.6 Å². The Morgan fingerprint density at radius 2 is 2.00 bits per heavy atom. The number of nitrogens with zero attached hydrogens (tertiary/aromatic N) is 1. The highest BCUT2D eigenvalue weighted by atomic mass is 19.4. The van der Waals surface area contributed by atoms with Gasteiger partial charge < -0.3 is 10.5 Å². The van der Waals surface area contributed by atoms with Gasteiger partial charge in [0.2, 0.25) is 0 Å². The molecule has 2 N–H and O–H groups in total. The monoisotopic (exact) mass is 300 g/mol. The van der Waals surface area contributed by atoms with Crippen molar-refractivity contribution >= 4 is 0 Å². The van der Waals surface area contributed by atoms with Crippen molar-refractivity contribution in [2.45, 2.75) is 12.3 Å². The maximum Gasteiger partial charge on any atom is 0.419 e. The molecule has 112 valence electrons. The summed E-state index contributed by atoms with van der Waals surface area (Å²) in [6.07, 6.45) is -2.39. The predicted molar refractivity (Wildman–Crippen MR) is 68.1 cm³/mol. The van der Waals surface area contributed by atoms with Gasteiger partial charge in [-0.05, 0) is 24.3 Å². The van der Waals surface area contributed by atoms with Crippen molar-refractivity contribution in [3.8, 4) is 5.75 Å². The third kappa shape index (κ3) is 3.69. The lowest BCUT2D eigenvalue weighted by Gasteiger charge is -2.18. The number of hydrogen-bond acceptors (Lipinski definition) is 3. The molecule has 7 heteroatoms. The van der Waals surface area contributed by atoms with E-state index in [9.17, 15) is 17.6 Å². The quantitative estimate of drug-likeness (QED) is 0.881. The molecule has 0 aliphatic heterocycles. The molecule has 0 bridgehead atoms. The molecule has 0 radical (unpaired) electrons. The lowest BCUT2D eigenvalue weighted by Crippen LogP contribution is -2.19. The molecule has 1 unspecified atom stereocenters. The summed E-state index contributed by atoms with van der Waals surface area (Å²) in [6, 6.07) is 5.82. The Bertz CT molecular complexity index is 602. The zero-order valence-electron chi connectivity index (χ0n) is 10.8. The first kappa shape index (κ1) is 15.2. The Morgan fingerprint density at radius 3 is 2.57 bits per heavy atom. The predicted octanol–water partition coefficient (Wildman–Crippen LogP) is 3.32. The summed E-state index contributed by atoms with van der Waals surface area (Å²) in [7, 11) is 0. The van der Waals surface area contributed by atoms with Crippen LogP contribution in [0.2, 0.25) is 0 Å². The second kappa shape index (κ2) is 6.09. The first-order valence-electron chi connectivity index (χ1n) is 6.05. The third-order valence-electron chi connectivity index (χ3n) is 2.79. The van der Waals surface area contributed by atoms with E-state index in [0.29, 0.717) is 11.6 Å². The molecule has 0 fully saturated rings. The Balaban J connectivity index is 2.27. The van der Waals surface area contributed by atoms with Gasteiger partial charge in [-0.1, -0.05) is 6.07 Å². The molecule has 0 amide bonds. The smallest absolute Gasteiger partial charge is 0.419 e. The molecule has 0 saturated heterocycles. The van der Waals surface area contributed by atoms with Gasteiger partial charge >= 0.3 is 6.18 Å². The van der Waals surface area contributed by atoms with Crippen molar-refractivity contribution in [1.82, 2.24) is 4.98 Å². The Kier molecular flexibility index (Phi) is 4.42. The van der Waals surface area contributed by atoms with Gasteiger partial charge in [-0.25, -0.2) is 4.39 Å². The molecule has 1 aromatic heterocycles. The Morgan fingerprint density at radius 1 is 1.24 bits per heavy atom. The van der Waals surface area contributed by atoms with Crippen LogP contribution >= 0.6 is 0 Å². The van der Waals surface area contributed by atoms with E-state index in [4.69, 9.17) is 10.5 Å². The second-order valence-electron chi connectivity index (χ2n) is 4.27. The van der Waals surface area contributed by atoms with E-state index in [0.717, 1.165) is 12.1 Å². The van der Waals surface area contributed by atoms with Gasteiger partial charge in [-0.15, -0.1) is 0 Å². The summed E-state index contributed by atoms with van der Waals surface area (Å²) < 4.78 is 56.5. The Hall–Kier alpha value is -2.15. The van der Waals surface area contributed by atoms with Crippen LogP contribution in [0.5, 0.6) is 5.75 Å². The van der Waals surface area contributed by atoms with Gasteiger partial charge in [0.25, 0.3) is 0 Å². The fourth-order valence-corrected chi connectivity index (χ4v) is 1.78. The average Bonchev–Trinajstić information content (AvgIpc) is 2.46. The molecule has 0 aliphatic carbocycles. The highest BCUT2D eigenvalue weighted by Crippen LogP contribution is 2.34. The minimum Gasteiger partial charge on any atom is -0.484 e. The topological polar surface area (TPSA) is 48.1 Å². The highest BCUT2D eigenvalue weighted by Gasteiger charge is 2.34. The summed E-state index contributed by atoms with van der Waals surface area (Å²) in [5, 5.41) is 0. The number of ether oxygens (including phenoxy) is 1. The minimum atomic E-state index is -4.78. The van der Waals surface area contributed by atoms with Crippen molar-refractivity contribution in [3.63, 3.8) is 0 Å². The molecule has 3 nitrogen and oxygen atoms in total. The van der Waals surface area contributed by atoms with E-state index < -0.39 is 23.7 Å². The largest absolute Gasteiger partial charge is 0.484 e. The van der Waals surface area contributed by atoms with Crippen molar-refractivity contribution < 1.29 is 22.3 Å². The normalized spacial score (nSPS) is 13.0. The zero-order chi connectivity index (χ0) is 15.5. The van der Waals surface area contributed by atoms with Crippen molar-refractivity contribution in [1.29, 1.82) is 0 Å². The molecule has 1 atom stereocenters.